The number of para-hydroxylation sites is 1. The van der Waals surface area contributed by atoms with Gasteiger partial charge in [0.25, 0.3) is 11.8 Å². The van der Waals surface area contributed by atoms with Crippen molar-refractivity contribution in [3.05, 3.63) is 95.6 Å². The standard InChI is InChI=1S/C26H29N5O3/c1-31(2)16-15-27-24(32)21-8-6-7-19(17-21)18-28-26(34)30-23-13-11-20(12-14-23)25(33)29-22-9-4-3-5-10-22/h3-14,17H,15-16,18H2,1-2H3,(H,27,32)(H,29,33)(H2,28,30,34). The maximum absolute atomic E-state index is 12.3. The topological polar surface area (TPSA) is 103 Å². The van der Waals surface area contributed by atoms with Gasteiger partial charge in [0.2, 0.25) is 0 Å². The van der Waals surface area contributed by atoms with Gasteiger partial charge in [-0.15, -0.1) is 0 Å². The van der Waals surface area contributed by atoms with Crippen molar-refractivity contribution >= 4 is 29.2 Å². The van der Waals surface area contributed by atoms with Gasteiger partial charge in [0.05, 0.1) is 0 Å². The SMILES string of the molecule is CN(C)CCNC(=O)c1cccc(CNC(=O)Nc2ccc(C(=O)Nc3ccccc3)cc2)c1. The second-order valence-corrected chi connectivity index (χ2v) is 7.96. The summed E-state index contributed by atoms with van der Waals surface area (Å²) in [4.78, 5) is 38.9. The summed E-state index contributed by atoms with van der Waals surface area (Å²) in [6.07, 6.45) is 0. The Morgan fingerprint density at radius 1 is 0.706 bits per heavy atom. The first-order chi connectivity index (χ1) is 16.4. The Morgan fingerprint density at radius 2 is 1.41 bits per heavy atom. The Kier molecular flexibility index (Phi) is 8.76. The predicted octanol–water partition coefficient (Wildman–Crippen LogP) is 3.55. The van der Waals surface area contributed by atoms with Gasteiger partial charge in [0, 0.05) is 42.1 Å². The highest BCUT2D eigenvalue weighted by molar-refractivity contribution is 6.04. The fraction of sp³-hybridized carbons (Fsp3) is 0.192. The summed E-state index contributed by atoms with van der Waals surface area (Å²) >= 11 is 0. The van der Waals surface area contributed by atoms with E-state index in [1.165, 1.54) is 0 Å². The molecule has 0 saturated carbocycles. The number of hydrogen-bond acceptors (Lipinski definition) is 4. The quantitative estimate of drug-likeness (QED) is 0.393. The van der Waals surface area contributed by atoms with Crippen LogP contribution < -0.4 is 21.3 Å². The molecular weight excluding hydrogens is 430 g/mol. The van der Waals surface area contributed by atoms with Gasteiger partial charge in [-0.3, -0.25) is 9.59 Å². The van der Waals surface area contributed by atoms with Crippen molar-refractivity contribution in [3.63, 3.8) is 0 Å². The molecule has 0 heterocycles. The molecule has 0 aliphatic rings. The van der Waals surface area contributed by atoms with Gasteiger partial charge >= 0.3 is 6.03 Å². The lowest BCUT2D eigenvalue weighted by atomic mass is 10.1. The van der Waals surface area contributed by atoms with Crippen LogP contribution in [0, 0.1) is 0 Å². The molecule has 0 saturated heterocycles. The summed E-state index contributed by atoms with van der Waals surface area (Å²) < 4.78 is 0. The lowest BCUT2D eigenvalue weighted by Gasteiger charge is -2.11. The molecule has 0 aliphatic carbocycles. The minimum Gasteiger partial charge on any atom is -0.351 e. The zero-order valence-corrected chi connectivity index (χ0v) is 19.3. The van der Waals surface area contributed by atoms with Gasteiger partial charge in [0.1, 0.15) is 0 Å². The number of carbonyl (C=O) groups excluding carboxylic acids is 3. The molecule has 0 unspecified atom stereocenters. The molecule has 0 fully saturated rings. The van der Waals surface area contributed by atoms with Gasteiger partial charge in [-0.05, 0) is 68.2 Å². The van der Waals surface area contributed by atoms with Gasteiger partial charge in [-0.2, -0.15) is 0 Å². The number of urea groups is 1. The summed E-state index contributed by atoms with van der Waals surface area (Å²) in [6.45, 7) is 1.58. The number of rotatable bonds is 9. The van der Waals surface area contributed by atoms with Crippen molar-refractivity contribution in [2.24, 2.45) is 0 Å². The third kappa shape index (κ3) is 7.75. The van der Waals surface area contributed by atoms with Crippen LogP contribution >= 0.6 is 0 Å². The molecule has 0 bridgehead atoms. The predicted molar refractivity (Wildman–Crippen MR) is 134 cm³/mol. The first-order valence-corrected chi connectivity index (χ1v) is 10.9. The van der Waals surface area contributed by atoms with Gasteiger partial charge in [-0.25, -0.2) is 4.79 Å². The smallest absolute Gasteiger partial charge is 0.319 e. The molecule has 176 valence electrons. The van der Waals surface area contributed by atoms with E-state index in [4.69, 9.17) is 0 Å². The zero-order valence-electron chi connectivity index (χ0n) is 19.3. The molecule has 34 heavy (non-hydrogen) atoms. The second kappa shape index (κ2) is 12.2. The molecule has 3 aromatic carbocycles. The Labute approximate surface area is 199 Å². The molecule has 3 aromatic rings. The maximum atomic E-state index is 12.3. The van der Waals surface area contributed by atoms with E-state index in [0.717, 1.165) is 12.1 Å². The van der Waals surface area contributed by atoms with Crippen LogP contribution in [0.15, 0.2) is 78.9 Å². The highest BCUT2D eigenvalue weighted by Gasteiger charge is 2.09. The number of amides is 4. The van der Waals surface area contributed by atoms with Gasteiger partial charge in [0.15, 0.2) is 0 Å². The second-order valence-electron chi connectivity index (χ2n) is 7.96. The third-order valence-corrected chi connectivity index (χ3v) is 4.92. The number of nitrogens with zero attached hydrogens (tertiary/aromatic N) is 1. The number of hydrogen-bond donors (Lipinski definition) is 4. The fourth-order valence-corrected chi connectivity index (χ4v) is 3.10. The van der Waals surface area contributed by atoms with Crippen LogP contribution in [0.5, 0.6) is 0 Å². The molecule has 3 rings (SSSR count). The van der Waals surface area contributed by atoms with Crippen LogP contribution in [-0.4, -0.2) is 49.9 Å². The normalized spacial score (nSPS) is 10.4. The van der Waals surface area contributed by atoms with Gasteiger partial charge < -0.3 is 26.2 Å². The highest BCUT2D eigenvalue weighted by Crippen LogP contribution is 2.13. The number of likely N-dealkylation sites (N-methyl/N-ethyl adjacent to an activating group) is 1. The number of nitrogens with one attached hydrogen (secondary N) is 4. The minimum absolute atomic E-state index is 0.149. The van der Waals surface area contributed by atoms with Crippen LogP contribution in [0.1, 0.15) is 26.3 Å². The van der Waals surface area contributed by atoms with Crippen molar-refractivity contribution in [1.29, 1.82) is 0 Å². The first-order valence-electron chi connectivity index (χ1n) is 10.9. The minimum atomic E-state index is -0.387. The highest BCUT2D eigenvalue weighted by atomic mass is 16.2. The van der Waals surface area contributed by atoms with Crippen molar-refractivity contribution in [3.8, 4) is 0 Å². The van der Waals surface area contributed by atoms with E-state index in [1.54, 1.807) is 42.5 Å². The fourth-order valence-electron chi connectivity index (χ4n) is 3.10. The number of anilines is 2. The molecule has 0 atom stereocenters. The average molecular weight is 460 g/mol. The molecule has 4 amide bonds. The number of benzene rings is 3. The maximum Gasteiger partial charge on any atom is 0.319 e. The van der Waals surface area contributed by atoms with Crippen molar-refractivity contribution in [2.75, 3.05) is 37.8 Å². The van der Waals surface area contributed by atoms with E-state index >= 15 is 0 Å². The largest absolute Gasteiger partial charge is 0.351 e. The van der Waals surface area contributed by atoms with E-state index < -0.39 is 0 Å². The summed E-state index contributed by atoms with van der Waals surface area (Å²) in [7, 11) is 3.89. The summed E-state index contributed by atoms with van der Waals surface area (Å²) in [5, 5.41) is 11.2. The lowest BCUT2D eigenvalue weighted by molar-refractivity contribution is 0.0950. The summed E-state index contributed by atoms with van der Waals surface area (Å²) in [5.74, 6) is -0.377. The van der Waals surface area contributed by atoms with Crippen molar-refractivity contribution in [2.45, 2.75) is 6.54 Å². The van der Waals surface area contributed by atoms with E-state index in [-0.39, 0.29) is 24.4 Å². The summed E-state index contributed by atoms with van der Waals surface area (Å²) in [6, 6.07) is 22.6. The lowest BCUT2D eigenvalue weighted by Crippen LogP contribution is -2.31. The molecule has 8 nitrogen and oxygen atoms in total. The van der Waals surface area contributed by atoms with E-state index in [2.05, 4.69) is 21.3 Å². The van der Waals surface area contributed by atoms with Crippen LogP contribution in [0.3, 0.4) is 0 Å². The van der Waals surface area contributed by atoms with Crippen molar-refractivity contribution in [1.82, 2.24) is 15.5 Å². The van der Waals surface area contributed by atoms with Gasteiger partial charge in [-0.1, -0.05) is 30.3 Å². The van der Waals surface area contributed by atoms with E-state index in [1.807, 2.05) is 55.4 Å². The monoisotopic (exact) mass is 459 g/mol. The van der Waals surface area contributed by atoms with Crippen molar-refractivity contribution < 1.29 is 14.4 Å². The van der Waals surface area contributed by atoms with Crippen LogP contribution in [0.4, 0.5) is 16.2 Å². The van der Waals surface area contributed by atoms with Crippen LogP contribution in [0.2, 0.25) is 0 Å². The molecule has 4 N–H and O–H groups in total. The molecule has 8 heteroatoms. The molecule has 0 radical (unpaired) electrons. The Bertz CT molecular complexity index is 1110. The van der Waals surface area contributed by atoms with E-state index in [9.17, 15) is 14.4 Å². The summed E-state index contributed by atoms with van der Waals surface area (Å²) in [5.41, 5.74) is 3.11. The molecule has 0 spiro atoms. The Hall–Kier alpha value is -4.17. The average Bonchev–Trinajstić information content (AvgIpc) is 2.83. The van der Waals surface area contributed by atoms with Crippen LogP contribution in [-0.2, 0) is 6.54 Å². The Balaban J connectivity index is 1.47. The zero-order chi connectivity index (χ0) is 24.3. The van der Waals surface area contributed by atoms with Crippen LogP contribution in [0.25, 0.3) is 0 Å². The number of carbonyl (C=O) groups is 3. The van der Waals surface area contributed by atoms with E-state index in [0.29, 0.717) is 29.0 Å². The molecular formula is C26H29N5O3. The Morgan fingerprint density at radius 3 is 2.12 bits per heavy atom. The first kappa shape index (κ1) is 24.5. The third-order valence-electron chi connectivity index (χ3n) is 4.92. The molecule has 0 aromatic heterocycles. The molecule has 0 aliphatic heterocycles.